The van der Waals surface area contributed by atoms with Crippen LogP contribution in [0.5, 0.6) is 0 Å². The van der Waals surface area contributed by atoms with Crippen LogP contribution in [0.25, 0.3) is 0 Å². The largest absolute Gasteiger partial charge is 0.300 e. The highest BCUT2D eigenvalue weighted by Crippen LogP contribution is 2.06. The van der Waals surface area contributed by atoms with E-state index in [1.54, 1.807) is 4.43 Å². The summed E-state index contributed by atoms with van der Waals surface area (Å²) in [7, 11) is 0. The maximum atomic E-state index is 2.39. The molecule has 64 valence electrons. The molecule has 0 atom stereocenters. The maximum Gasteiger partial charge on any atom is 0.300 e. The predicted octanol–water partition coefficient (Wildman–Crippen LogP) is 2.57. The van der Waals surface area contributed by atoms with Gasteiger partial charge >= 0.3 is 0 Å². The van der Waals surface area contributed by atoms with Crippen molar-refractivity contribution in [1.82, 2.24) is 0 Å². The van der Waals surface area contributed by atoms with E-state index < -0.39 is 14.1 Å². The van der Waals surface area contributed by atoms with Gasteiger partial charge in [-0.2, -0.15) is 0 Å². The lowest BCUT2D eigenvalue weighted by atomic mass is 10.1. The first kappa shape index (κ1) is 9.84. The molecule has 1 aromatic carbocycles. The van der Waals surface area contributed by atoms with Crippen LogP contribution in [0.1, 0.15) is 16.7 Å². The van der Waals surface area contributed by atoms with Crippen molar-refractivity contribution < 1.29 is 0 Å². The molecule has 0 heterocycles. The Balaban J connectivity index is 3.28. The fourth-order valence-electron chi connectivity index (χ4n) is 2.10. The van der Waals surface area contributed by atoms with E-state index in [4.69, 9.17) is 0 Å². The van der Waals surface area contributed by atoms with Crippen molar-refractivity contribution in [3.8, 4) is 0 Å². The van der Waals surface area contributed by atoms with Gasteiger partial charge in [0.25, 0.3) is 14.1 Å². The molecule has 1 rings (SSSR count). The van der Waals surface area contributed by atoms with E-state index in [1.165, 1.54) is 16.7 Å². The first-order chi connectivity index (χ1) is 5.52. The van der Waals surface area contributed by atoms with Gasteiger partial charge in [-0.25, -0.2) is 0 Å². The molecule has 0 spiro atoms. The van der Waals surface area contributed by atoms with Crippen molar-refractivity contribution in [2.24, 2.45) is 0 Å². The molecular formula is C11H17Al. The molecule has 0 aliphatic rings. The van der Waals surface area contributed by atoms with E-state index in [0.29, 0.717) is 0 Å². The Labute approximate surface area is 80.0 Å². The topological polar surface area (TPSA) is 0 Å². The number of aryl methyl sites for hydroxylation is 3. The lowest BCUT2D eigenvalue weighted by Gasteiger charge is -2.11. The number of benzene rings is 1. The summed E-state index contributed by atoms with van der Waals surface area (Å²) >= 11 is -0.628. The third kappa shape index (κ3) is 1.91. The van der Waals surface area contributed by atoms with Crippen LogP contribution < -0.4 is 4.43 Å². The monoisotopic (exact) mass is 176 g/mol. The van der Waals surface area contributed by atoms with Gasteiger partial charge in [0.2, 0.25) is 0 Å². The van der Waals surface area contributed by atoms with Crippen LogP contribution in [0.3, 0.4) is 0 Å². The van der Waals surface area contributed by atoms with Gasteiger partial charge in [0.05, 0.1) is 0 Å². The highest BCUT2D eigenvalue weighted by Gasteiger charge is 2.11. The van der Waals surface area contributed by atoms with Crippen molar-refractivity contribution >= 4 is 18.6 Å². The average molecular weight is 176 g/mol. The minimum Gasteiger partial charge on any atom is -0.105 e. The molecule has 0 aliphatic carbocycles. The highest BCUT2D eigenvalue weighted by atomic mass is 27.2. The minimum atomic E-state index is -0.628. The van der Waals surface area contributed by atoms with Gasteiger partial charge in [-0.15, -0.1) is 16.0 Å². The Morgan fingerprint density at radius 3 is 1.67 bits per heavy atom. The molecule has 0 aliphatic heterocycles. The molecule has 0 bridgehead atoms. The molecule has 0 nitrogen and oxygen atoms in total. The van der Waals surface area contributed by atoms with Gasteiger partial charge in [0, 0.05) is 0 Å². The quantitative estimate of drug-likeness (QED) is 0.577. The second-order valence-corrected chi connectivity index (χ2v) is 6.85. The molecule has 0 radical (unpaired) electrons. The van der Waals surface area contributed by atoms with E-state index >= 15 is 0 Å². The standard InChI is InChI=1S/C9H11.2CH3.Al/c1-7-4-8(2)6-9(3)5-7;;;/h4-5H,1-3H3;2*1H3;. The van der Waals surface area contributed by atoms with Crippen molar-refractivity contribution in [1.29, 1.82) is 0 Å². The second kappa shape index (κ2) is 3.64. The van der Waals surface area contributed by atoms with Crippen LogP contribution in [-0.2, 0) is 0 Å². The summed E-state index contributed by atoms with van der Waals surface area (Å²) in [5.74, 6) is 4.79. The molecule has 0 aromatic heterocycles. The SMILES string of the molecule is Cc1cc(C)[c]([Al]([CH3])[CH3])c(C)c1. The zero-order valence-corrected chi connectivity index (χ0v) is 9.89. The van der Waals surface area contributed by atoms with Gasteiger partial charge < -0.3 is 0 Å². The van der Waals surface area contributed by atoms with Gasteiger partial charge in [-0.3, -0.25) is 0 Å². The average Bonchev–Trinajstić information content (AvgIpc) is 1.82. The summed E-state index contributed by atoms with van der Waals surface area (Å²) in [5, 5.41) is 0. The maximum absolute atomic E-state index is 2.39. The number of hydrogen-bond donors (Lipinski definition) is 0. The van der Waals surface area contributed by atoms with E-state index in [0.717, 1.165) is 0 Å². The number of rotatable bonds is 1. The smallest absolute Gasteiger partial charge is 0.105 e. The van der Waals surface area contributed by atoms with Crippen LogP contribution in [0.4, 0.5) is 0 Å². The van der Waals surface area contributed by atoms with Crippen molar-refractivity contribution in [3.05, 3.63) is 28.8 Å². The molecular weight excluding hydrogens is 159 g/mol. The predicted molar refractivity (Wildman–Crippen MR) is 57.8 cm³/mol. The summed E-state index contributed by atoms with van der Waals surface area (Å²) < 4.78 is 1.65. The highest BCUT2D eigenvalue weighted by molar-refractivity contribution is 6.71. The molecule has 1 aromatic rings. The third-order valence-electron chi connectivity index (χ3n) is 2.32. The molecule has 0 N–H and O–H groups in total. The van der Waals surface area contributed by atoms with Crippen molar-refractivity contribution in [2.45, 2.75) is 32.3 Å². The molecule has 12 heavy (non-hydrogen) atoms. The Kier molecular flexibility index (Phi) is 2.99. The van der Waals surface area contributed by atoms with Crippen molar-refractivity contribution in [2.75, 3.05) is 0 Å². The molecule has 0 saturated heterocycles. The zero-order chi connectivity index (χ0) is 9.30. The zero-order valence-electron chi connectivity index (χ0n) is 8.73. The van der Waals surface area contributed by atoms with Gasteiger partial charge in [0.15, 0.2) is 0 Å². The fourth-order valence-corrected chi connectivity index (χ4v) is 4.09. The lowest BCUT2D eigenvalue weighted by molar-refractivity contribution is 1.35. The molecule has 0 amide bonds. The molecule has 0 fully saturated rings. The molecule has 0 unspecified atom stereocenters. The van der Waals surface area contributed by atoms with E-state index in [9.17, 15) is 0 Å². The van der Waals surface area contributed by atoms with Crippen LogP contribution in [-0.4, -0.2) is 14.1 Å². The first-order valence-corrected chi connectivity index (χ1v) is 7.48. The second-order valence-electron chi connectivity index (χ2n) is 3.97. The Bertz CT molecular complexity index is 264. The Morgan fingerprint density at radius 1 is 0.917 bits per heavy atom. The van der Waals surface area contributed by atoms with Crippen LogP contribution >= 0.6 is 0 Å². The van der Waals surface area contributed by atoms with Gasteiger partial charge in [0.1, 0.15) is 0 Å². The van der Waals surface area contributed by atoms with Crippen LogP contribution in [0, 0.1) is 20.8 Å². The third-order valence-corrected chi connectivity index (χ3v) is 4.38. The van der Waals surface area contributed by atoms with E-state index in [1.807, 2.05) is 0 Å². The summed E-state index contributed by atoms with van der Waals surface area (Å²) in [4.78, 5) is 0. The Morgan fingerprint density at radius 2 is 1.33 bits per heavy atom. The summed E-state index contributed by atoms with van der Waals surface area (Å²) in [6, 6.07) is 4.60. The number of hydrogen-bond acceptors (Lipinski definition) is 0. The van der Waals surface area contributed by atoms with E-state index in [2.05, 4.69) is 44.5 Å². The summed E-state index contributed by atoms with van der Waals surface area (Å²) in [5.41, 5.74) is 4.38. The van der Waals surface area contributed by atoms with Crippen LogP contribution in [0.15, 0.2) is 12.1 Å². The van der Waals surface area contributed by atoms with Gasteiger partial charge in [-0.05, 0) is 20.8 Å². The Hall–Kier alpha value is -0.248. The van der Waals surface area contributed by atoms with Crippen LogP contribution in [0.2, 0.25) is 11.6 Å². The fraction of sp³-hybridized carbons (Fsp3) is 0.455. The normalized spacial score (nSPS) is 10.1. The first-order valence-electron chi connectivity index (χ1n) is 4.60. The lowest BCUT2D eigenvalue weighted by Crippen LogP contribution is -2.28. The van der Waals surface area contributed by atoms with E-state index in [-0.39, 0.29) is 0 Å². The summed E-state index contributed by atoms with van der Waals surface area (Å²) in [6.07, 6.45) is 0. The minimum absolute atomic E-state index is 0.628. The summed E-state index contributed by atoms with van der Waals surface area (Å²) in [6.45, 7) is 6.65. The van der Waals surface area contributed by atoms with Gasteiger partial charge in [-0.1, -0.05) is 28.8 Å². The molecule has 0 saturated carbocycles. The van der Waals surface area contributed by atoms with Crippen molar-refractivity contribution in [3.63, 3.8) is 0 Å². The molecule has 1 heteroatoms.